The van der Waals surface area contributed by atoms with E-state index < -0.39 is 0 Å². The number of likely N-dealkylation sites (tertiary alicyclic amines) is 1. The number of nitrogens with zero attached hydrogens (tertiary/aromatic N) is 1. The van der Waals surface area contributed by atoms with Gasteiger partial charge in [-0.3, -0.25) is 9.59 Å². The van der Waals surface area contributed by atoms with Crippen LogP contribution in [-0.2, 0) is 16.0 Å². The molecule has 23 heavy (non-hydrogen) atoms. The number of hydrogen-bond acceptors (Lipinski definition) is 4. The van der Waals surface area contributed by atoms with Crippen molar-refractivity contribution in [1.82, 2.24) is 4.90 Å². The number of esters is 1. The van der Waals surface area contributed by atoms with Crippen LogP contribution in [0.4, 0.5) is 5.69 Å². The third kappa shape index (κ3) is 3.33. The summed E-state index contributed by atoms with van der Waals surface area (Å²) in [6.07, 6.45) is 3.39. The van der Waals surface area contributed by atoms with Crippen molar-refractivity contribution in [2.75, 3.05) is 31.6 Å². The van der Waals surface area contributed by atoms with E-state index in [9.17, 15) is 9.59 Å². The highest BCUT2D eigenvalue weighted by Gasteiger charge is 2.29. The van der Waals surface area contributed by atoms with Gasteiger partial charge in [-0.2, -0.15) is 0 Å². The van der Waals surface area contributed by atoms with Crippen molar-refractivity contribution in [3.05, 3.63) is 29.3 Å². The fraction of sp³-hybridized carbons (Fsp3) is 0.556. The summed E-state index contributed by atoms with van der Waals surface area (Å²) < 4.78 is 5.09. The van der Waals surface area contributed by atoms with Gasteiger partial charge in [-0.05, 0) is 50.3 Å². The monoisotopic (exact) mass is 316 g/mol. The van der Waals surface area contributed by atoms with Crippen LogP contribution in [0.3, 0.4) is 0 Å². The molecule has 2 heterocycles. The zero-order chi connectivity index (χ0) is 16.2. The van der Waals surface area contributed by atoms with E-state index in [2.05, 4.69) is 5.32 Å². The normalized spacial score (nSPS) is 18.0. The molecule has 0 bridgehead atoms. The first kappa shape index (κ1) is 15.8. The van der Waals surface area contributed by atoms with Gasteiger partial charge in [0, 0.05) is 30.9 Å². The largest absolute Gasteiger partial charge is 0.466 e. The number of piperidine rings is 1. The average Bonchev–Trinajstić information content (AvgIpc) is 2.61. The second-order valence-corrected chi connectivity index (χ2v) is 6.18. The molecule has 124 valence electrons. The number of ether oxygens (including phenoxy) is 1. The summed E-state index contributed by atoms with van der Waals surface area (Å²) in [4.78, 5) is 26.5. The minimum absolute atomic E-state index is 0.0645. The number of amides is 1. The molecule has 0 radical (unpaired) electrons. The maximum Gasteiger partial charge on any atom is 0.309 e. The first-order valence-corrected chi connectivity index (χ1v) is 8.52. The molecule has 0 unspecified atom stereocenters. The second-order valence-electron chi connectivity index (χ2n) is 6.18. The molecular weight excluding hydrogens is 292 g/mol. The zero-order valence-corrected chi connectivity index (χ0v) is 13.6. The molecule has 2 aliphatic heterocycles. The van der Waals surface area contributed by atoms with Crippen LogP contribution in [-0.4, -0.2) is 43.0 Å². The lowest BCUT2D eigenvalue weighted by molar-refractivity contribution is -0.149. The van der Waals surface area contributed by atoms with Gasteiger partial charge in [0.2, 0.25) is 0 Å². The van der Waals surface area contributed by atoms with Crippen LogP contribution in [0.2, 0.25) is 0 Å². The van der Waals surface area contributed by atoms with Crippen molar-refractivity contribution in [1.29, 1.82) is 0 Å². The number of hydrogen-bond donors (Lipinski definition) is 1. The first-order valence-electron chi connectivity index (χ1n) is 8.52. The van der Waals surface area contributed by atoms with Gasteiger partial charge in [-0.15, -0.1) is 0 Å². The van der Waals surface area contributed by atoms with Gasteiger partial charge in [0.15, 0.2) is 0 Å². The summed E-state index contributed by atoms with van der Waals surface area (Å²) in [6, 6.07) is 5.90. The molecular formula is C18H24N2O3. The van der Waals surface area contributed by atoms with E-state index in [0.29, 0.717) is 32.5 Å². The molecule has 0 saturated carbocycles. The van der Waals surface area contributed by atoms with Gasteiger partial charge in [-0.1, -0.05) is 6.07 Å². The molecule has 1 N–H and O–H groups in total. The third-order valence-corrected chi connectivity index (χ3v) is 4.73. The van der Waals surface area contributed by atoms with E-state index in [0.717, 1.165) is 36.2 Å². The lowest BCUT2D eigenvalue weighted by atomic mass is 9.94. The molecule has 5 nitrogen and oxygen atoms in total. The number of carbonyl (C=O) groups is 2. The Morgan fingerprint density at radius 2 is 2.09 bits per heavy atom. The van der Waals surface area contributed by atoms with Crippen LogP contribution in [0.5, 0.6) is 0 Å². The molecule has 0 aromatic heterocycles. The first-order chi connectivity index (χ1) is 11.2. The molecule has 0 aliphatic carbocycles. The van der Waals surface area contributed by atoms with Crippen molar-refractivity contribution in [2.24, 2.45) is 5.92 Å². The predicted octanol–water partition coefficient (Wildman–Crippen LogP) is 2.46. The summed E-state index contributed by atoms with van der Waals surface area (Å²) >= 11 is 0. The minimum Gasteiger partial charge on any atom is -0.466 e. The number of rotatable bonds is 3. The molecule has 2 aliphatic rings. The number of nitrogens with one attached hydrogen (secondary N) is 1. The summed E-state index contributed by atoms with van der Waals surface area (Å²) in [5.41, 5.74) is 3.03. The van der Waals surface area contributed by atoms with Gasteiger partial charge in [-0.25, -0.2) is 0 Å². The standard InChI is InChI=1S/C18H24N2O3/c1-2-23-18(22)13-8-11-20(12-9-13)17(21)15-5-3-7-16-14(15)6-4-10-19-16/h3,5,7,13,19H,2,4,6,8-12H2,1H3. The smallest absolute Gasteiger partial charge is 0.309 e. The fourth-order valence-corrected chi connectivity index (χ4v) is 3.46. The SMILES string of the molecule is CCOC(=O)C1CCN(C(=O)c2cccc3c2CCCN3)CC1. The highest BCUT2D eigenvalue weighted by molar-refractivity contribution is 5.97. The Balaban J connectivity index is 1.67. The van der Waals surface area contributed by atoms with Crippen molar-refractivity contribution < 1.29 is 14.3 Å². The summed E-state index contributed by atoms with van der Waals surface area (Å²) in [5.74, 6) is -0.0981. The van der Waals surface area contributed by atoms with Crippen LogP contribution >= 0.6 is 0 Å². The maximum atomic E-state index is 12.9. The Bertz CT molecular complexity index is 592. The van der Waals surface area contributed by atoms with Crippen LogP contribution in [0.1, 0.15) is 42.1 Å². The van der Waals surface area contributed by atoms with E-state index in [1.807, 2.05) is 30.0 Å². The quantitative estimate of drug-likeness (QED) is 0.870. The van der Waals surface area contributed by atoms with E-state index in [1.54, 1.807) is 0 Å². The predicted molar refractivity (Wildman–Crippen MR) is 88.5 cm³/mol. The lowest BCUT2D eigenvalue weighted by Gasteiger charge is -2.32. The fourth-order valence-electron chi connectivity index (χ4n) is 3.46. The molecule has 1 aromatic rings. The van der Waals surface area contributed by atoms with Crippen molar-refractivity contribution >= 4 is 17.6 Å². The van der Waals surface area contributed by atoms with Crippen LogP contribution < -0.4 is 5.32 Å². The van der Waals surface area contributed by atoms with E-state index in [1.165, 1.54) is 0 Å². The Labute approximate surface area is 137 Å². The summed E-state index contributed by atoms with van der Waals surface area (Å²) in [6.45, 7) is 4.46. The van der Waals surface area contributed by atoms with Crippen molar-refractivity contribution in [3.8, 4) is 0 Å². The molecule has 5 heteroatoms. The van der Waals surface area contributed by atoms with Crippen LogP contribution in [0.25, 0.3) is 0 Å². The lowest BCUT2D eigenvalue weighted by Crippen LogP contribution is -2.41. The van der Waals surface area contributed by atoms with E-state index in [4.69, 9.17) is 4.74 Å². The molecule has 3 rings (SSSR count). The van der Waals surface area contributed by atoms with Crippen molar-refractivity contribution in [2.45, 2.75) is 32.6 Å². The Morgan fingerprint density at radius 3 is 2.83 bits per heavy atom. The van der Waals surface area contributed by atoms with Crippen LogP contribution in [0.15, 0.2) is 18.2 Å². The van der Waals surface area contributed by atoms with Gasteiger partial charge in [0.05, 0.1) is 12.5 Å². The highest BCUT2D eigenvalue weighted by Crippen LogP contribution is 2.28. The van der Waals surface area contributed by atoms with Gasteiger partial charge in [0.25, 0.3) is 5.91 Å². The van der Waals surface area contributed by atoms with Gasteiger partial charge >= 0.3 is 5.97 Å². The molecule has 1 amide bonds. The average molecular weight is 316 g/mol. The Morgan fingerprint density at radius 1 is 1.30 bits per heavy atom. The molecule has 1 fully saturated rings. The topological polar surface area (TPSA) is 58.6 Å². The second kappa shape index (κ2) is 7.02. The van der Waals surface area contributed by atoms with Crippen LogP contribution in [0, 0.1) is 5.92 Å². The Hall–Kier alpha value is -2.04. The number of anilines is 1. The number of fused-ring (bicyclic) bond motifs is 1. The zero-order valence-electron chi connectivity index (χ0n) is 13.6. The van der Waals surface area contributed by atoms with E-state index >= 15 is 0 Å². The van der Waals surface area contributed by atoms with Crippen molar-refractivity contribution in [3.63, 3.8) is 0 Å². The summed E-state index contributed by atoms with van der Waals surface area (Å²) in [7, 11) is 0. The van der Waals surface area contributed by atoms with E-state index in [-0.39, 0.29) is 17.8 Å². The number of carbonyl (C=O) groups excluding carboxylic acids is 2. The highest BCUT2D eigenvalue weighted by atomic mass is 16.5. The molecule has 0 atom stereocenters. The third-order valence-electron chi connectivity index (χ3n) is 4.73. The molecule has 1 aromatic carbocycles. The molecule has 0 spiro atoms. The van der Waals surface area contributed by atoms with Gasteiger partial charge < -0.3 is 15.0 Å². The van der Waals surface area contributed by atoms with Gasteiger partial charge in [0.1, 0.15) is 0 Å². The number of benzene rings is 1. The maximum absolute atomic E-state index is 12.9. The Kier molecular flexibility index (Phi) is 4.84. The molecule has 1 saturated heterocycles. The minimum atomic E-state index is -0.124. The summed E-state index contributed by atoms with van der Waals surface area (Å²) in [5, 5.41) is 3.36.